The van der Waals surface area contributed by atoms with Crippen LogP contribution in [0.15, 0.2) is 27.6 Å². The molecule has 1 fully saturated rings. The van der Waals surface area contributed by atoms with Crippen LogP contribution in [0.2, 0.25) is 0 Å². The lowest BCUT2D eigenvalue weighted by Crippen LogP contribution is -2.40. The summed E-state index contributed by atoms with van der Waals surface area (Å²) in [5.74, 6) is -0.580. The Kier molecular flexibility index (Phi) is 5.17. The second-order valence-corrected chi connectivity index (χ2v) is 7.47. The quantitative estimate of drug-likeness (QED) is 0.872. The number of nitrogens with one attached hydrogen (secondary N) is 1. The van der Waals surface area contributed by atoms with Crippen molar-refractivity contribution in [3.8, 4) is 0 Å². The maximum absolute atomic E-state index is 13.4. The van der Waals surface area contributed by atoms with Crippen LogP contribution >= 0.6 is 15.9 Å². The van der Waals surface area contributed by atoms with Crippen LogP contribution in [-0.4, -0.2) is 39.0 Å². The molecule has 1 aliphatic heterocycles. The number of rotatable bonds is 5. The first-order valence-corrected chi connectivity index (χ1v) is 8.90. The van der Waals surface area contributed by atoms with Gasteiger partial charge in [0.1, 0.15) is 5.82 Å². The Bertz CT molecular complexity index is 580. The monoisotopic (exact) mass is 364 g/mol. The van der Waals surface area contributed by atoms with Gasteiger partial charge in [0.25, 0.3) is 0 Å². The Balaban J connectivity index is 2.05. The van der Waals surface area contributed by atoms with Crippen molar-refractivity contribution in [2.24, 2.45) is 0 Å². The van der Waals surface area contributed by atoms with Crippen molar-refractivity contribution in [1.82, 2.24) is 9.62 Å². The van der Waals surface area contributed by atoms with Crippen molar-refractivity contribution >= 4 is 26.0 Å². The highest BCUT2D eigenvalue weighted by atomic mass is 79.9. The molecule has 0 amide bonds. The van der Waals surface area contributed by atoms with Crippen LogP contribution in [0, 0.1) is 5.82 Å². The highest BCUT2D eigenvalue weighted by Gasteiger charge is 2.25. The maximum atomic E-state index is 13.4. The van der Waals surface area contributed by atoms with Gasteiger partial charge in [-0.2, -0.15) is 0 Å². The van der Waals surface area contributed by atoms with Crippen molar-refractivity contribution < 1.29 is 12.8 Å². The molecule has 0 bridgehead atoms. The number of likely N-dealkylation sites (tertiary alicyclic amines) is 1. The van der Waals surface area contributed by atoms with E-state index in [1.807, 2.05) is 0 Å². The highest BCUT2D eigenvalue weighted by molar-refractivity contribution is 9.10. The molecule has 0 aliphatic carbocycles. The van der Waals surface area contributed by atoms with Crippen molar-refractivity contribution in [2.45, 2.75) is 30.7 Å². The Morgan fingerprint density at radius 3 is 2.90 bits per heavy atom. The second-order valence-electron chi connectivity index (χ2n) is 4.85. The van der Waals surface area contributed by atoms with Gasteiger partial charge in [0, 0.05) is 12.6 Å². The molecule has 1 N–H and O–H groups in total. The summed E-state index contributed by atoms with van der Waals surface area (Å²) in [6, 6.07) is 4.05. The van der Waals surface area contributed by atoms with E-state index in [-0.39, 0.29) is 15.4 Å². The summed E-state index contributed by atoms with van der Waals surface area (Å²) in [4.78, 5) is 2.21. The van der Waals surface area contributed by atoms with Crippen molar-refractivity contribution in [1.29, 1.82) is 0 Å². The molecule has 7 heteroatoms. The summed E-state index contributed by atoms with van der Waals surface area (Å²) in [6.07, 6.45) is 2.08. The lowest BCUT2D eigenvalue weighted by molar-refractivity contribution is 0.268. The maximum Gasteiger partial charge on any atom is 0.240 e. The SMILES string of the molecule is CCN1CCCC1CNS(=O)(=O)c1ccc(Br)c(F)c1. The predicted octanol–water partition coefficient (Wildman–Crippen LogP) is 2.35. The molecule has 1 aromatic rings. The fraction of sp³-hybridized carbons (Fsp3) is 0.538. The first-order valence-electron chi connectivity index (χ1n) is 6.63. The third-order valence-electron chi connectivity index (χ3n) is 3.62. The number of likely N-dealkylation sites (N-methyl/N-ethyl adjacent to an activating group) is 1. The van der Waals surface area contributed by atoms with E-state index in [4.69, 9.17) is 0 Å². The second kappa shape index (κ2) is 6.51. The molecular weight excluding hydrogens is 347 g/mol. The largest absolute Gasteiger partial charge is 0.299 e. The van der Waals surface area contributed by atoms with Crippen LogP contribution in [0.3, 0.4) is 0 Å². The van der Waals surface area contributed by atoms with Gasteiger partial charge < -0.3 is 0 Å². The van der Waals surface area contributed by atoms with Gasteiger partial charge in [-0.1, -0.05) is 6.92 Å². The molecule has 0 saturated carbocycles. The average Bonchev–Trinajstić information content (AvgIpc) is 2.87. The van der Waals surface area contributed by atoms with E-state index < -0.39 is 15.8 Å². The molecule has 112 valence electrons. The first-order chi connectivity index (χ1) is 9.44. The molecule has 0 spiro atoms. The number of nitrogens with zero attached hydrogens (tertiary/aromatic N) is 1. The van der Waals surface area contributed by atoms with Crippen molar-refractivity contribution in [2.75, 3.05) is 19.6 Å². The number of sulfonamides is 1. The molecule has 1 unspecified atom stereocenters. The fourth-order valence-corrected chi connectivity index (χ4v) is 3.81. The van der Waals surface area contributed by atoms with Crippen molar-refractivity contribution in [3.05, 3.63) is 28.5 Å². The summed E-state index contributed by atoms with van der Waals surface area (Å²) in [7, 11) is -3.66. The Morgan fingerprint density at radius 2 is 2.25 bits per heavy atom. The zero-order valence-electron chi connectivity index (χ0n) is 11.3. The van der Waals surface area contributed by atoms with Crippen LogP contribution in [0.1, 0.15) is 19.8 Å². The molecule has 0 radical (unpaired) electrons. The summed E-state index contributed by atoms with van der Waals surface area (Å²) >= 11 is 3.01. The number of hydrogen-bond acceptors (Lipinski definition) is 3. The molecule has 1 saturated heterocycles. The average molecular weight is 365 g/mol. The van der Waals surface area contributed by atoms with Gasteiger partial charge in [-0.05, 0) is 60.1 Å². The standard InChI is InChI=1S/C13H18BrFN2O2S/c1-2-17-7-3-4-10(17)9-16-20(18,19)11-5-6-12(14)13(15)8-11/h5-6,8,10,16H,2-4,7,9H2,1H3. The minimum absolute atomic E-state index is 0.0424. The first kappa shape index (κ1) is 15.9. The smallest absolute Gasteiger partial charge is 0.240 e. The fourth-order valence-electron chi connectivity index (χ4n) is 2.48. The van der Waals surface area contributed by atoms with Crippen LogP contribution < -0.4 is 4.72 Å². The molecule has 2 rings (SSSR count). The number of halogens is 2. The van der Waals surface area contributed by atoms with Crippen LogP contribution in [0.25, 0.3) is 0 Å². The van der Waals surface area contributed by atoms with Gasteiger partial charge in [-0.15, -0.1) is 0 Å². The summed E-state index contributed by atoms with van der Waals surface area (Å²) in [5.41, 5.74) is 0. The van der Waals surface area contributed by atoms with Gasteiger partial charge >= 0.3 is 0 Å². The van der Waals surface area contributed by atoms with E-state index in [9.17, 15) is 12.8 Å². The molecule has 4 nitrogen and oxygen atoms in total. The van der Waals surface area contributed by atoms with Gasteiger partial charge in [-0.3, -0.25) is 4.90 Å². The minimum atomic E-state index is -3.66. The Morgan fingerprint density at radius 1 is 1.50 bits per heavy atom. The Hall–Kier alpha value is -0.500. The van der Waals surface area contributed by atoms with Crippen LogP contribution in [-0.2, 0) is 10.0 Å². The third-order valence-corrected chi connectivity index (χ3v) is 5.68. The van der Waals surface area contributed by atoms with Gasteiger partial charge in [0.2, 0.25) is 10.0 Å². The number of hydrogen-bond donors (Lipinski definition) is 1. The van der Waals surface area contributed by atoms with Gasteiger partial charge in [0.15, 0.2) is 0 Å². The predicted molar refractivity (Wildman–Crippen MR) is 79.6 cm³/mol. The number of benzene rings is 1. The molecule has 1 atom stereocenters. The summed E-state index contributed by atoms with van der Waals surface area (Å²) in [5, 5.41) is 0. The summed E-state index contributed by atoms with van der Waals surface area (Å²) in [6.45, 7) is 4.36. The Labute approximate surface area is 127 Å². The van der Waals surface area contributed by atoms with E-state index in [0.717, 1.165) is 32.0 Å². The normalized spacial score (nSPS) is 20.4. The molecular formula is C13H18BrFN2O2S. The molecule has 1 aliphatic rings. The van der Waals surface area contributed by atoms with E-state index >= 15 is 0 Å². The zero-order chi connectivity index (χ0) is 14.8. The van der Waals surface area contributed by atoms with E-state index in [1.165, 1.54) is 12.1 Å². The zero-order valence-corrected chi connectivity index (χ0v) is 13.7. The van der Waals surface area contributed by atoms with E-state index in [1.54, 1.807) is 0 Å². The van der Waals surface area contributed by atoms with E-state index in [2.05, 4.69) is 32.5 Å². The van der Waals surface area contributed by atoms with Crippen molar-refractivity contribution in [3.63, 3.8) is 0 Å². The van der Waals surface area contributed by atoms with Gasteiger partial charge in [0.05, 0.1) is 9.37 Å². The lowest BCUT2D eigenvalue weighted by Gasteiger charge is -2.22. The van der Waals surface area contributed by atoms with E-state index in [0.29, 0.717) is 6.54 Å². The molecule has 1 heterocycles. The molecule has 20 heavy (non-hydrogen) atoms. The summed E-state index contributed by atoms with van der Waals surface area (Å²) < 4.78 is 40.5. The molecule has 1 aromatic carbocycles. The highest BCUT2D eigenvalue weighted by Crippen LogP contribution is 2.20. The van der Waals surface area contributed by atoms with Gasteiger partial charge in [-0.25, -0.2) is 17.5 Å². The third kappa shape index (κ3) is 3.58. The van der Waals surface area contributed by atoms with Crippen LogP contribution in [0.4, 0.5) is 4.39 Å². The lowest BCUT2D eigenvalue weighted by atomic mass is 10.2. The topological polar surface area (TPSA) is 49.4 Å². The van der Waals surface area contributed by atoms with Crippen LogP contribution in [0.5, 0.6) is 0 Å². The minimum Gasteiger partial charge on any atom is -0.299 e. The molecule has 0 aromatic heterocycles.